The Hall–Kier alpha value is -1.66. The molecule has 0 radical (unpaired) electrons. The van der Waals surface area contributed by atoms with Crippen molar-refractivity contribution in [3.8, 4) is 0 Å². The van der Waals surface area contributed by atoms with Crippen LogP contribution in [0.25, 0.3) is 16.6 Å². The third-order valence-electron chi connectivity index (χ3n) is 4.25. The van der Waals surface area contributed by atoms with Crippen LogP contribution in [0.3, 0.4) is 0 Å². The van der Waals surface area contributed by atoms with E-state index in [0.717, 1.165) is 47.2 Å². The quantitative estimate of drug-likeness (QED) is 0.542. The first kappa shape index (κ1) is 14.9. The van der Waals surface area contributed by atoms with E-state index in [1.807, 2.05) is 29.6 Å². The van der Waals surface area contributed by atoms with Crippen LogP contribution in [0.1, 0.15) is 25.6 Å². The van der Waals surface area contributed by atoms with Gasteiger partial charge in [0.25, 0.3) is 0 Å². The summed E-state index contributed by atoms with van der Waals surface area (Å²) in [7, 11) is 0. The molecular weight excluding hydrogens is 308 g/mol. The van der Waals surface area contributed by atoms with Crippen LogP contribution in [0.5, 0.6) is 0 Å². The van der Waals surface area contributed by atoms with Gasteiger partial charge in [0, 0.05) is 23.8 Å². The molecule has 0 saturated carbocycles. The molecule has 0 bridgehead atoms. The van der Waals surface area contributed by atoms with Gasteiger partial charge in [-0.3, -0.25) is 0 Å². The van der Waals surface area contributed by atoms with Crippen molar-refractivity contribution in [1.82, 2.24) is 19.6 Å². The predicted molar refractivity (Wildman–Crippen MR) is 91.9 cm³/mol. The second-order valence-corrected chi connectivity index (χ2v) is 7.61. The second-order valence-electron chi connectivity index (χ2n) is 6.20. The summed E-state index contributed by atoms with van der Waals surface area (Å²) in [5, 5.41) is 6.99. The zero-order valence-electron chi connectivity index (χ0n) is 13.4. The summed E-state index contributed by atoms with van der Waals surface area (Å²) in [4.78, 5) is 9.41. The summed E-state index contributed by atoms with van der Waals surface area (Å²) in [5.41, 5.74) is 1.87. The van der Waals surface area contributed by atoms with E-state index in [4.69, 9.17) is 9.72 Å². The number of rotatable bonds is 4. The highest BCUT2D eigenvalue weighted by Crippen LogP contribution is 2.31. The topological polar surface area (TPSA) is 52.3 Å². The van der Waals surface area contributed by atoms with Gasteiger partial charge in [-0.25, -0.2) is 9.97 Å². The third kappa shape index (κ3) is 2.93. The van der Waals surface area contributed by atoms with E-state index in [0.29, 0.717) is 11.2 Å². The Labute approximate surface area is 139 Å². The lowest BCUT2D eigenvalue weighted by Crippen LogP contribution is -2.09. The predicted octanol–water partition coefficient (Wildman–Crippen LogP) is 3.49. The van der Waals surface area contributed by atoms with Crippen LogP contribution in [-0.4, -0.2) is 38.0 Å². The minimum Gasteiger partial charge on any atom is -0.381 e. The van der Waals surface area contributed by atoms with Crippen LogP contribution in [0, 0.1) is 12.8 Å². The van der Waals surface area contributed by atoms with Crippen LogP contribution < -0.4 is 0 Å². The number of para-hydroxylation sites is 1. The molecule has 2 unspecified atom stereocenters. The largest absolute Gasteiger partial charge is 0.381 e. The lowest BCUT2D eigenvalue weighted by atomic mass is 10.0. The van der Waals surface area contributed by atoms with Crippen LogP contribution in [0.15, 0.2) is 29.4 Å². The molecule has 0 N–H and O–H groups in total. The summed E-state index contributed by atoms with van der Waals surface area (Å²) < 4.78 is 7.38. The van der Waals surface area contributed by atoms with Gasteiger partial charge in [0.2, 0.25) is 0 Å². The Bertz CT molecular complexity index is 841. The summed E-state index contributed by atoms with van der Waals surface area (Å²) >= 11 is 1.78. The summed E-state index contributed by atoms with van der Waals surface area (Å²) in [6, 6.07) is 8.13. The molecule has 4 rings (SSSR count). The van der Waals surface area contributed by atoms with Gasteiger partial charge in [0.05, 0.1) is 5.52 Å². The van der Waals surface area contributed by atoms with Crippen molar-refractivity contribution in [2.45, 2.75) is 37.1 Å². The molecule has 2 aromatic heterocycles. The van der Waals surface area contributed by atoms with Crippen molar-refractivity contribution >= 4 is 28.3 Å². The Kier molecular flexibility index (Phi) is 3.95. The fraction of sp³-hybridized carbons (Fsp3) is 0.471. The van der Waals surface area contributed by atoms with Gasteiger partial charge >= 0.3 is 0 Å². The van der Waals surface area contributed by atoms with Crippen molar-refractivity contribution in [3.63, 3.8) is 0 Å². The van der Waals surface area contributed by atoms with Gasteiger partial charge in [-0.2, -0.15) is 4.52 Å². The molecule has 6 heteroatoms. The molecule has 3 heterocycles. The number of aryl methyl sites for hydroxylation is 1. The van der Waals surface area contributed by atoms with Gasteiger partial charge in [0.15, 0.2) is 10.8 Å². The average molecular weight is 328 g/mol. The number of ether oxygens (including phenoxy) is 1. The van der Waals surface area contributed by atoms with Gasteiger partial charge in [0.1, 0.15) is 5.82 Å². The molecule has 0 aliphatic carbocycles. The number of aromatic nitrogens is 4. The molecular formula is C17H20N4OS. The molecule has 2 atom stereocenters. The van der Waals surface area contributed by atoms with E-state index < -0.39 is 0 Å². The normalized spacial score (nSPS) is 19.7. The number of fused-ring (bicyclic) bond motifs is 3. The number of thioether (sulfide) groups is 1. The van der Waals surface area contributed by atoms with E-state index in [1.54, 1.807) is 11.8 Å². The monoisotopic (exact) mass is 328 g/mol. The minimum absolute atomic E-state index is 0.475. The van der Waals surface area contributed by atoms with E-state index in [1.165, 1.54) is 6.42 Å². The van der Waals surface area contributed by atoms with Crippen molar-refractivity contribution in [2.75, 3.05) is 13.2 Å². The highest BCUT2D eigenvalue weighted by Gasteiger charge is 2.21. The van der Waals surface area contributed by atoms with E-state index in [2.05, 4.69) is 23.1 Å². The fourth-order valence-electron chi connectivity index (χ4n) is 3.18. The molecule has 0 amide bonds. The van der Waals surface area contributed by atoms with Gasteiger partial charge in [-0.15, -0.1) is 5.10 Å². The van der Waals surface area contributed by atoms with Gasteiger partial charge < -0.3 is 4.74 Å². The highest BCUT2D eigenvalue weighted by molar-refractivity contribution is 7.99. The van der Waals surface area contributed by atoms with Gasteiger partial charge in [-0.05, 0) is 37.8 Å². The molecule has 1 saturated heterocycles. The lowest BCUT2D eigenvalue weighted by Gasteiger charge is -2.15. The first-order valence-electron chi connectivity index (χ1n) is 8.07. The number of hydrogen-bond donors (Lipinski definition) is 0. The van der Waals surface area contributed by atoms with E-state index in [9.17, 15) is 0 Å². The Morgan fingerprint density at radius 2 is 2.22 bits per heavy atom. The molecule has 1 aromatic carbocycles. The van der Waals surface area contributed by atoms with Crippen molar-refractivity contribution in [3.05, 3.63) is 30.1 Å². The summed E-state index contributed by atoms with van der Waals surface area (Å²) in [6.07, 6.45) is 2.32. The van der Waals surface area contributed by atoms with Crippen molar-refractivity contribution < 1.29 is 4.74 Å². The minimum atomic E-state index is 0.475. The summed E-state index contributed by atoms with van der Waals surface area (Å²) in [6.45, 7) is 5.99. The Morgan fingerprint density at radius 3 is 3.04 bits per heavy atom. The van der Waals surface area contributed by atoms with E-state index in [-0.39, 0.29) is 0 Å². The zero-order chi connectivity index (χ0) is 15.8. The summed E-state index contributed by atoms with van der Waals surface area (Å²) in [5.74, 6) is 1.45. The van der Waals surface area contributed by atoms with Crippen LogP contribution in [0.2, 0.25) is 0 Å². The molecule has 23 heavy (non-hydrogen) atoms. The van der Waals surface area contributed by atoms with Crippen molar-refractivity contribution in [1.29, 1.82) is 0 Å². The lowest BCUT2D eigenvalue weighted by molar-refractivity contribution is 0.184. The number of benzene rings is 1. The first-order chi connectivity index (χ1) is 11.2. The van der Waals surface area contributed by atoms with Crippen molar-refractivity contribution in [2.24, 2.45) is 5.92 Å². The third-order valence-corrected chi connectivity index (χ3v) is 5.32. The smallest absolute Gasteiger partial charge is 0.191 e. The molecule has 120 valence electrons. The molecule has 0 spiro atoms. The first-order valence-corrected chi connectivity index (χ1v) is 8.95. The SMILES string of the molecule is Cc1nc2c3ccccc3nc(SC(C)CC3CCOC3)n2n1. The van der Waals surface area contributed by atoms with Crippen LogP contribution >= 0.6 is 11.8 Å². The maximum Gasteiger partial charge on any atom is 0.191 e. The Balaban J connectivity index is 1.69. The van der Waals surface area contributed by atoms with E-state index >= 15 is 0 Å². The standard InChI is InChI=1S/C17H20N4OS/c1-11(9-13-7-8-22-10-13)23-17-19-15-6-4-3-5-14(15)16-18-12(2)20-21(16)17/h3-6,11,13H,7-10H2,1-2H3. The highest BCUT2D eigenvalue weighted by atomic mass is 32.2. The average Bonchev–Trinajstić information content (AvgIpc) is 3.16. The maximum absolute atomic E-state index is 5.49. The molecule has 3 aromatic rings. The molecule has 1 aliphatic heterocycles. The Morgan fingerprint density at radius 1 is 1.35 bits per heavy atom. The molecule has 5 nitrogen and oxygen atoms in total. The fourth-order valence-corrected chi connectivity index (χ4v) is 4.28. The van der Waals surface area contributed by atoms with Crippen LogP contribution in [0.4, 0.5) is 0 Å². The number of nitrogens with zero attached hydrogens (tertiary/aromatic N) is 4. The molecule has 1 fully saturated rings. The number of hydrogen-bond acceptors (Lipinski definition) is 5. The molecule has 1 aliphatic rings. The zero-order valence-corrected chi connectivity index (χ0v) is 14.2. The van der Waals surface area contributed by atoms with Crippen LogP contribution in [-0.2, 0) is 4.74 Å². The maximum atomic E-state index is 5.49. The second kappa shape index (κ2) is 6.09. The van der Waals surface area contributed by atoms with Gasteiger partial charge in [-0.1, -0.05) is 30.8 Å².